The number of rotatable bonds is 4. The van der Waals surface area contributed by atoms with Crippen molar-refractivity contribution in [3.05, 3.63) is 6.92 Å². The Balaban J connectivity index is 1.38. The molecule has 0 aromatic rings. The summed E-state index contributed by atoms with van der Waals surface area (Å²) in [6.45, 7) is 4.40. The smallest absolute Gasteiger partial charge is 0.00815 e. The third-order valence-corrected chi connectivity index (χ3v) is 13.7. The highest BCUT2D eigenvalue weighted by atomic mass is 31.1. The van der Waals surface area contributed by atoms with E-state index in [2.05, 4.69) is 6.92 Å². The minimum Gasteiger partial charge on any atom is -0.0939 e. The second-order valence-corrected chi connectivity index (χ2v) is 14.5. The van der Waals surface area contributed by atoms with Crippen molar-refractivity contribution in [2.45, 2.75) is 93.8 Å². The third-order valence-electron chi connectivity index (χ3n) is 9.54. The lowest BCUT2D eigenvalue weighted by Crippen LogP contribution is -2.56. The highest BCUT2D eigenvalue weighted by Gasteiger charge is 2.62. The van der Waals surface area contributed by atoms with Crippen LogP contribution in [-0.4, -0.2) is 16.5 Å². The van der Waals surface area contributed by atoms with Gasteiger partial charge in [0.15, 0.2) is 0 Å². The van der Waals surface area contributed by atoms with Gasteiger partial charge >= 0.3 is 0 Å². The van der Waals surface area contributed by atoms with E-state index in [1.54, 1.807) is 77.0 Å². The van der Waals surface area contributed by atoms with Gasteiger partial charge in [0, 0.05) is 0 Å². The van der Waals surface area contributed by atoms with Gasteiger partial charge in [-0.15, -0.1) is 0 Å². The van der Waals surface area contributed by atoms with Gasteiger partial charge in [-0.25, -0.2) is 0 Å². The van der Waals surface area contributed by atoms with Gasteiger partial charge < -0.3 is 0 Å². The molecule has 0 amide bonds. The van der Waals surface area contributed by atoms with Crippen LogP contribution in [-0.2, 0) is 0 Å². The lowest BCUT2D eigenvalue weighted by molar-refractivity contribution is 0.0185. The van der Waals surface area contributed by atoms with E-state index in [1.165, 1.54) is 12.6 Å². The van der Waals surface area contributed by atoms with E-state index >= 15 is 0 Å². The first-order chi connectivity index (χ1) is 11.7. The predicted octanol–water partition coefficient (Wildman–Crippen LogP) is 6.63. The molecule has 133 valence electrons. The van der Waals surface area contributed by atoms with E-state index in [-0.39, 0.29) is 7.92 Å². The molecule has 1 heteroatoms. The molecular formula is C23H36P. The molecule has 0 nitrogen and oxygen atoms in total. The Kier molecular flexibility index (Phi) is 3.38. The summed E-state index contributed by atoms with van der Waals surface area (Å²) in [6, 6.07) is 0. The summed E-state index contributed by atoms with van der Waals surface area (Å²) in [5.41, 5.74) is 0. The van der Waals surface area contributed by atoms with Gasteiger partial charge in [-0.2, -0.15) is 0 Å². The average molecular weight is 344 g/mol. The number of hydrogen-bond acceptors (Lipinski definition) is 0. The fourth-order valence-corrected chi connectivity index (χ4v) is 15.1. The van der Waals surface area contributed by atoms with Crippen LogP contribution in [0.15, 0.2) is 0 Å². The summed E-state index contributed by atoms with van der Waals surface area (Å²) < 4.78 is 0. The molecule has 8 bridgehead atoms. The zero-order chi connectivity index (χ0) is 15.9. The number of hydrogen-bond donors (Lipinski definition) is 0. The fraction of sp³-hybridized carbons (Fsp3) is 0.957. The van der Waals surface area contributed by atoms with Crippen molar-refractivity contribution in [2.75, 3.05) is 6.16 Å². The minimum absolute atomic E-state index is 0.229. The summed E-state index contributed by atoms with van der Waals surface area (Å²) in [5, 5.41) is 1.68. The molecular weight excluding hydrogens is 307 g/mol. The van der Waals surface area contributed by atoms with Crippen molar-refractivity contribution >= 4 is 7.92 Å². The maximum Gasteiger partial charge on any atom is -0.00815 e. The van der Waals surface area contributed by atoms with E-state index in [0.717, 1.165) is 45.8 Å². The first-order valence-electron chi connectivity index (χ1n) is 11.2. The zero-order valence-corrected chi connectivity index (χ0v) is 16.4. The molecule has 0 aromatic carbocycles. The molecule has 0 unspecified atom stereocenters. The molecule has 0 heterocycles. The van der Waals surface area contributed by atoms with Gasteiger partial charge in [0.1, 0.15) is 0 Å². The van der Waals surface area contributed by atoms with Crippen molar-refractivity contribution in [1.29, 1.82) is 0 Å². The van der Waals surface area contributed by atoms with Crippen LogP contribution in [0.2, 0.25) is 0 Å². The van der Waals surface area contributed by atoms with Crippen molar-refractivity contribution < 1.29 is 0 Å². The Morgan fingerprint density at radius 1 is 0.583 bits per heavy atom. The topological polar surface area (TPSA) is 0 Å². The molecule has 8 fully saturated rings. The largest absolute Gasteiger partial charge is 0.0939 e. The molecule has 0 aliphatic heterocycles. The lowest BCUT2D eigenvalue weighted by Gasteiger charge is -2.67. The monoisotopic (exact) mass is 343 g/mol. The normalized spacial score (nSPS) is 58.4. The molecule has 0 atom stereocenters. The fourth-order valence-electron chi connectivity index (χ4n) is 9.93. The van der Waals surface area contributed by atoms with Crippen LogP contribution in [0.3, 0.4) is 0 Å². The second kappa shape index (κ2) is 5.24. The van der Waals surface area contributed by atoms with Crippen molar-refractivity contribution in [2.24, 2.45) is 35.5 Å². The first-order valence-corrected chi connectivity index (χ1v) is 12.8. The Labute approximate surface area is 150 Å². The van der Waals surface area contributed by atoms with Crippen molar-refractivity contribution in [3.63, 3.8) is 0 Å². The molecule has 0 saturated heterocycles. The molecule has 8 aliphatic carbocycles. The average Bonchev–Trinajstić information content (AvgIpc) is 2.49. The maximum absolute atomic E-state index is 4.40. The Hall–Kier alpha value is 0.430. The van der Waals surface area contributed by atoms with Gasteiger partial charge in [0.25, 0.3) is 0 Å². The van der Waals surface area contributed by atoms with Crippen LogP contribution in [0.1, 0.15) is 83.5 Å². The molecule has 0 spiro atoms. The Morgan fingerprint density at radius 3 is 1.12 bits per heavy atom. The van der Waals surface area contributed by atoms with Gasteiger partial charge in [-0.05, 0) is 135 Å². The Bertz CT molecular complexity index is 406. The van der Waals surface area contributed by atoms with Crippen LogP contribution in [0.4, 0.5) is 0 Å². The van der Waals surface area contributed by atoms with E-state index in [9.17, 15) is 0 Å². The summed E-state index contributed by atoms with van der Waals surface area (Å²) in [7, 11) is 0.229. The van der Waals surface area contributed by atoms with E-state index in [4.69, 9.17) is 0 Å². The lowest BCUT2D eigenvalue weighted by atomic mass is 9.55. The van der Waals surface area contributed by atoms with Crippen LogP contribution in [0.25, 0.3) is 0 Å². The van der Waals surface area contributed by atoms with Crippen molar-refractivity contribution in [3.8, 4) is 0 Å². The standard InChI is InChI=1S/C23H36P/c1-2-3-24(22-10-16-4-17(11-22)6-18(5-16)12-22)23-13-19-7-20(14-23)9-21(8-19)15-23/h16-21H,1-15H2. The molecule has 0 N–H and O–H groups in total. The molecule has 8 rings (SSSR count). The summed E-state index contributed by atoms with van der Waals surface area (Å²) in [4.78, 5) is 0. The van der Waals surface area contributed by atoms with Gasteiger partial charge in [-0.1, -0.05) is 14.8 Å². The quantitative estimate of drug-likeness (QED) is 0.503. The van der Waals surface area contributed by atoms with Crippen molar-refractivity contribution in [1.82, 2.24) is 0 Å². The highest BCUT2D eigenvalue weighted by molar-refractivity contribution is 7.61. The summed E-state index contributed by atoms with van der Waals surface area (Å²) in [5.74, 6) is 6.83. The van der Waals surface area contributed by atoms with E-state index in [0.29, 0.717) is 0 Å². The molecule has 24 heavy (non-hydrogen) atoms. The van der Waals surface area contributed by atoms with Crippen LogP contribution >= 0.6 is 7.92 Å². The molecule has 8 saturated carbocycles. The summed E-state index contributed by atoms with van der Waals surface area (Å²) >= 11 is 0. The first kappa shape index (κ1) is 15.5. The van der Waals surface area contributed by atoms with Gasteiger partial charge in [0.2, 0.25) is 0 Å². The van der Waals surface area contributed by atoms with Gasteiger partial charge in [0.05, 0.1) is 0 Å². The SMILES string of the molecule is [CH2]CCP(C12CC3CC(CC(C3)C1)C2)C12CC3CC(CC(C3)C1)C2. The van der Waals surface area contributed by atoms with E-state index < -0.39 is 0 Å². The predicted molar refractivity (Wildman–Crippen MR) is 104 cm³/mol. The zero-order valence-electron chi connectivity index (χ0n) is 15.5. The maximum atomic E-state index is 4.40. The highest BCUT2D eigenvalue weighted by Crippen LogP contribution is 2.78. The third kappa shape index (κ3) is 2.14. The summed E-state index contributed by atoms with van der Waals surface area (Å²) in [6.07, 6.45) is 22.4. The van der Waals surface area contributed by atoms with E-state index in [1.807, 2.05) is 0 Å². The minimum atomic E-state index is 0.229. The van der Waals surface area contributed by atoms with Crippen LogP contribution in [0, 0.1) is 42.4 Å². The molecule has 1 radical (unpaired) electrons. The molecule has 8 aliphatic rings. The van der Waals surface area contributed by atoms with Crippen LogP contribution < -0.4 is 0 Å². The molecule has 0 aromatic heterocycles. The second-order valence-electron chi connectivity index (χ2n) is 11.3. The van der Waals surface area contributed by atoms with Crippen LogP contribution in [0.5, 0.6) is 0 Å². The Morgan fingerprint density at radius 2 is 0.875 bits per heavy atom. The van der Waals surface area contributed by atoms with Gasteiger partial charge in [-0.3, -0.25) is 0 Å².